The third kappa shape index (κ3) is 6.47. The minimum absolute atomic E-state index is 0.178. The molecule has 2 aliphatic rings. The molecule has 0 radical (unpaired) electrons. The molecule has 15 nitrogen and oxygen atoms in total. The first-order chi connectivity index (χ1) is 20.8. The molecule has 0 bridgehead atoms. The van der Waals surface area contributed by atoms with Crippen molar-refractivity contribution in [2.24, 2.45) is 0 Å². The third-order valence-corrected chi connectivity index (χ3v) is 7.90. The SMILES string of the molecule is CC(=O)NS(=O)(=O)NCC1OC(n2cnc3c(NC(=O)Nc4ccccc4)ncnc32)C2OC(Cc3ccccc3)OC12. The van der Waals surface area contributed by atoms with Gasteiger partial charge in [-0.25, -0.2) is 24.5 Å². The van der Waals surface area contributed by atoms with Crippen molar-refractivity contribution in [2.75, 3.05) is 17.2 Å². The van der Waals surface area contributed by atoms with Gasteiger partial charge < -0.3 is 19.5 Å². The summed E-state index contributed by atoms with van der Waals surface area (Å²) in [6.07, 6.45) is -0.307. The molecule has 2 aliphatic heterocycles. The summed E-state index contributed by atoms with van der Waals surface area (Å²) in [5.41, 5.74) is 2.26. The van der Waals surface area contributed by atoms with E-state index in [1.165, 1.54) is 12.7 Å². The van der Waals surface area contributed by atoms with E-state index in [1.54, 1.807) is 28.8 Å². The molecular weight excluding hydrogens is 580 g/mol. The highest BCUT2D eigenvalue weighted by molar-refractivity contribution is 7.88. The Balaban J connectivity index is 1.24. The molecule has 2 saturated heterocycles. The van der Waals surface area contributed by atoms with E-state index in [9.17, 15) is 18.0 Å². The van der Waals surface area contributed by atoms with Crippen LogP contribution in [0.15, 0.2) is 73.3 Å². The monoisotopic (exact) mass is 608 g/mol. The zero-order chi connectivity index (χ0) is 30.0. The van der Waals surface area contributed by atoms with E-state index in [4.69, 9.17) is 14.2 Å². The summed E-state index contributed by atoms with van der Waals surface area (Å²) in [6.45, 7) is 0.898. The molecule has 5 atom stereocenters. The maximum atomic E-state index is 12.6. The van der Waals surface area contributed by atoms with Crippen molar-refractivity contribution >= 4 is 44.8 Å². The predicted molar refractivity (Wildman–Crippen MR) is 153 cm³/mol. The lowest BCUT2D eigenvalue weighted by molar-refractivity contribution is -0.142. The number of carbonyl (C=O) groups excluding carboxylic acids is 2. The lowest BCUT2D eigenvalue weighted by Gasteiger charge is -2.21. The summed E-state index contributed by atoms with van der Waals surface area (Å²) in [7, 11) is -4.12. The molecule has 43 heavy (non-hydrogen) atoms. The van der Waals surface area contributed by atoms with Crippen molar-refractivity contribution in [3.8, 4) is 0 Å². The van der Waals surface area contributed by atoms with Crippen LogP contribution in [0.4, 0.5) is 16.3 Å². The summed E-state index contributed by atoms with van der Waals surface area (Å²) in [5.74, 6) is -0.553. The van der Waals surface area contributed by atoms with Gasteiger partial charge in [-0.05, 0) is 17.7 Å². The van der Waals surface area contributed by atoms with Crippen LogP contribution < -0.4 is 20.1 Å². The summed E-state index contributed by atoms with van der Waals surface area (Å²) in [6, 6.07) is 18.1. The minimum atomic E-state index is -4.12. The Morgan fingerprint density at radius 1 is 0.907 bits per heavy atom. The van der Waals surface area contributed by atoms with Crippen molar-refractivity contribution in [1.82, 2.24) is 29.0 Å². The second-order valence-electron chi connectivity index (χ2n) is 9.89. The van der Waals surface area contributed by atoms with Crippen LogP contribution in [-0.2, 0) is 35.6 Å². The number of hydrogen-bond donors (Lipinski definition) is 4. The average molecular weight is 609 g/mol. The van der Waals surface area contributed by atoms with Gasteiger partial charge in [-0.15, -0.1) is 0 Å². The van der Waals surface area contributed by atoms with Gasteiger partial charge in [0.1, 0.15) is 24.6 Å². The second-order valence-corrected chi connectivity index (χ2v) is 11.4. The molecule has 16 heteroatoms. The fraction of sp³-hybridized carbons (Fsp3) is 0.296. The fourth-order valence-corrected chi connectivity index (χ4v) is 5.86. The van der Waals surface area contributed by atoms with Gasteiger partial charge in [0.25, 0.3) is 0 Å². The number of amides is 3. The van der Waals surface area contributed by atoms with E-state index < -0.39 is 53.0 Å². The van der Waals surface area contributed by atoms with Crippen molar-refractivity contribution in [3.63, 3.8) is 0 Å². The summed E-state index contributed by atoms with van der Waals surface area (Å²) >= 11 is 0. The maximum Gasteiger partial charge on any atom is 0.324 e. The third-order valence-electron chi connectivity index (χ3n) is 6.80. The van der Waals surface area contributed by atoms with Crippen LogP contribution in [0.1, 0.15) is 18.7 Å². The molecule has 4 aromatic rings. The van der Waals surface area contributed by atoms with E-state index in [2.05, 4.69) is 30.3 Å². The number of fused-ring (bicyclic) bond motifs is 2. The van der Waals surface area contributed by atoms with E-state index in [0.717, 1.165) is 12.5 Å². The van der Waals surface area contributed by atoms with E-state index in [0.29, 0.717) is 23.3 Å². The molecule has 3 amide bonds. The highest BCUT2D eigenvalue weighted by Crippen LogP contribution is 2.41. The van der Waals surface area contributed by atoms with Crippen LogP contribution in [0.5, 0.6) is 0 Å². The lowest BCUT2D eigenvalue weighted by atomic mass is 10.1. The molecule has 0 saturated carbocycles. The van der Waals surface area contributed by atoms with Gasteiger partial charge in [0.15, 0.2) is 29.5 Å². The van der Waals surface area contributed by atoms with Gasteiger partial charge in [0.05, 0.1) is 6.33 Å². The number of imidazole rings is 1. The number of benzene rings is 2. The molecule has 224 valence electrons. The molecular formula is C27H28N8O7S. The Labute approximate surface area is 246 Å². The van der Waals surface area contributed by atoms with Crippen LogP contribution in [0.2, 0.25) is 0 Å². The number of nitrogens with one attached hydrogen (secondary N) is 4. The number of anilines is 2. The van der Waals surface area contributed by atoms with Crippen molar-refractivity contribution in [3.05, 3.63) is 78.9 Å². The molecule has 5 unspecified atom stereocenters. The molecule has 2 fully saturated rings. The zero-order valence-corrected chi connectivity index (χ0v) is 23.6. The van der Waals surface area contributed by atoms with E-state index in [-0.39, 0.29) is 12.4 Å². The smallest absolute Gasteiger partial charge is 0.324 e. The van der Waals surface area contributed by atoms with Crippen LogP contribution in [0, 0.1) is 0 Å². The Kier molecular flexibility index (Phi) is 8.00. The van der Waals surface area contributed by atoms with Gasteiger partial charge in [-0.1, -0.05) is 48.5 Å². The van der Waals surface area contributed by atoms with Crippen LogP contribution in [-0.4, -0.2) is 71.0 Å². The van der Waals surface area contributed by atoms with Gasteiger partial charge in [-0.3, -0.25) is 14.7 Å². The summed E-state index contributed by atoms with van der Waals surface area (Å²) in [4.78, 5) is 36.9. The number of carbonyl (C=O) groups is 2. The predicted octanol–water partition coefficient (Wildman–Crippen LogP) is 1.69. The van der Waals surface area contributed by atoms with Crippen molar-refractivity contribution in [2.45, 2.75) is 44.2 Å². The average Bonchev–Trinajstić information content (AvgIpc) is 3.67. The summed E-state index contributed by atoms with van der Waals surface area (Å²) < 4.78 is 49.2. The molecule has 6 rings (SSSR count). The summed E-state index contributed by atoms with van der Waals surface area (Å²) in [5, 5.41) is 5.42. The Bertz CT molecular complexity index is 1720. The molecule has 4 heterocycles. The normalized spacial score (nSPS) is 23.1. The molecule has 0 aliphatic carbocycles. The number of para-hydroxylation sites is 1. The van der Waals surface area contributed by atoms with Crippen LogP contribution >= 0.6 is 0 Å². The Hall–Kier alpha value is -4.48. The largest absolute Gasteiger partial charge is 0.348 e. The van der Waals surface area contributed by atoms with Gasteiger partial charge in [0, 0.05) is 25.6 Å². The number of hydrogen-bond acceptors (Lipinski definition) is 10. The van der Waals surface area contributed by atoms with Crippen LogP contribution in [0.25, 0.3) is 11.2 Å². The minimum Gasteiger partial charge on any atom is -0.348 e. The quantitative estimate of drug-likeness (QED) is 0.218. The van der Waals surface area contributed by atoms with E-state index in [1.807, 2.05) is 41.1 Å². The molecule has 2 aromatic carbocycles. The first kappa shape index (κ1) is 28.6. The Morgan fingerprint density at radius 2 is 1.63 bits per heavy atom. The molecule has 2 aromatic heterocycles. The van der Waals surface area contributed by atoms with Gasteiger partial charge in [-0.2, -0.15) is 13.1 Å². The highest BCUT2D eigenvalue weighted by atomic mass is 32.2. The lowest BCUT2D eigenvalue weighted by Crippen LogP contribution is -2.45. The topological polar surface area (TPSA) is 188 Å². The van der Waals surface area contributed by atoms with Gasteiger partial charge in [0.2, 0.25) is 5.91 Å². The number of rotatable bonds is 9. The van der Waals surface area contributed by atoms with Crippen molar-refractivity contribution < 1.29 is 32.2 Å². The first-order valence-electron chi connectivity index (χ1n) is 13.3. The zero-order valence-electron chi connectivity index (χ0n) is 22.8. The number of aromatic nitrogens is 4. The maximum absolute atomic E-state index is 12.6. The standard InChI is InChI=1S/C27H28N8O7S/c1-16(36)34-43(38,39)31-13-19-22-23(42-20(41-22)12-17-8-4-2-5-9-17)26(40-19)35-15-30-21-24(28-14-29-25(21)35)33-27(37)32-18-10-6-3-7-11-18/h2-11,14-15,19-20,22-23,26,31H,12-13H2,1H3,(H,34,36)(H2,28,29,32,33,37). The number of urea groups is 1. The Morgan fingerprint density at radius 3 is 2.37 bits per heavy atom. The number of nitrogens with zero attached hydrogens (tertiary/aromatic N) is 4. The molecule has 4 N–H and O–H groups in total. The highest BCUT2D eigenvalue weighted by Gasteiger charge is 2.53. The fourth-order valence-electron chi connectivity index (χ4n) is 5.03. The van der Waals surface area contributed by atoms with Gasteiger partial charge >= 0.3 is 16.2 Å². The molecule has 0 spiro atoms. The number of ether oxygens (including phenoxy) is 3. The van der Waals surface area contributed by atoms with E-state index >= 15 is 0 Å². The van der Waals surface area contributed by atoms with Crippen LogP contribution in [0.3, 0.4) is 0 Å². The first-order valence-corrected chi connectivity index (χ1v) is 14.8. The second kappa shape index (κ2) is 12.0. The van der Waals surface area contributed by atoms with Crippen molar-refractivity contribution in [1.29, 1.82) is 0 Å².